The molecule has 2 amide bonds. The molecule has 2 N–H and O–H groups in total. The Labute approximate surface area is 186 Å². The van der Waals surface area contributed by atoms with Crippen molar-refractivity contribution in [3.8, 4) is 0 Å². The van der Waals surface area contributed by atoms with Crippen molar-refractivity contribution < 1.29 is 14.5 Å². The Morgan fingerprint density at radius 3 is 2.41 bits per heavy atom. The van der Waals surface area contributed by atoms with Crippen LogP contribution >= 0.6 is 0 Å². The molecule has 168 valence electrons. The molecular formula is C23H27N5O4. The first-order valence-electron chi connectivity index (χ1n) is 10.8. The van der Waals surface area contributed by atoms with E-state index in [-0.39, 0.29) is 23.2 Å². The zero-order valence-electron chi connectivity index (χ0n) is 18.3. The number of carbonyl (C=O) groups excluding carboxylic acids is 2. The molecule has 1 saturated carbocycles. The first-order chi connectivity index (χ1) is 15.3. The van der Waals surface area contributed by atoms with E-state index < -0.39 is 10.8 Å². The van der Waals surface area contributed by atoms with Crippen LogP contribution in [0, 0.1) is 17.0 Å². The third-order valence-corrected chi connectivity index (χ3v) is 5.95. The highest BCUT2D eigenvalue weighted by molar-refractivity contribution is 6.08. The summed E-state index contributed by atoms with van der Waals surface area (Å²) in [6, 6.07) is 10.0. The lowest BCUT2D eigenvalue weighted by Gasteiger charge is -2.34. The second kappa shape index (κ2) is 8.96. The molecule has 2 fully saturated rings. The molecule has 0 bridgehead atoms. The van der Waals surface area contributed by atoms with Crippen molar-refractivity contribution in [1.29, 1.82) is 0 Å². The summed E-state index contributed by atoms with van der Waals surface area (Å²) >= 11 is 0. The summed E-state index contributed by atoms with van der Waals surface area (Å²) in [6.07, 6.45) is 1.96. The lowest BCUT2D eigenvalue weighted by Crippen LogP contribution is -2.44. The summed E-state index contributed by atoms with van der Waals surface area (Å²) < 4.78 is 0. The number of hydrogen-bond donors (Lipinski definition) is 2. The Morgan fingerprint density at radius 1 is 1.03 bits per heavy atom. The van der Waals surface area contributed by atoms with Gasteiger partial charge in [-0.3, -0.25) is 19.7 Å². The van der Waals surface area contributed by atoms with Crippen molar-refractivity contribution in [2.45, 2.75) is 25.8 Å². The smallest absolute Gasteiger partial charge is 0.284 e. The summed E-state index contributed by atoms with van der Waals surface area (Å²) in [7, 11) is 2.04. The molecule has 1 aliphatic heterocycles. The van der Waals surface area contributed by atoms with Crippen LogP contribution in [-0.2, 0) is 0 Å². The number of anilines is 2. The Kier molecular flexibility index (Phi) is 6.09. The lowest BCUT2D eigenvalue weighted by molar-refractivity contribution is -0.385. The molecule has 2 aromatic rings. The van der Waals surface area contributed by atoms with Crippen LogP contribution in [0.2, 0.25) is 0 Å². The van der Waals surface area contributed by atoms with Gasteiger partial charge in [0, 0.05) is 55.2 Å². The summed E-state index contributed by atoms with van der Waals surface area (Å²) in [4.78, 5) is 40.8. The quantitative estimate of drug-likeness (QED) is 0.532. The van der Waals surface area contributed by atoms with Crippen LogP contribution in [0.5, 0.6) is 0 Å². The number of likely N-dealkylation sites (N-methyl/N-ethyl adjacent to an activating group) is 1. The van der Waals surface area contributed by atoms with Crippen molar-refractivity contribution in [3.63, 3.8) is 0 Å². The topological polar surface area (TPSA) is 108 Å². The van der Waals surface area contributed by atoms with Crippen LogP contribution in [0.15, 0.2) is 36.4 Å². The number of nitro benzene ring substituents is 1. The van der Waals surface area contributed by atoms with Gasteiger partial charge in [0.1, 0.15) is 5.56 Å². The number of benzene rings is 2. The van der Waals surface area contributed by atoms with Gasteiger partial charge in [-0.25, -0.2) is 0 Å². The molecule has 9 nitrogen and oxygen atoms in total. The van der Waals surface area contributed by atoms with Crippen molar-refractivity contribution in [2.24, 2.45) is 0 Å². The van der Waals surface area contributed by atoms with Crippen LogP contribution in [0.3, 0.4) is 0 Å². The van der Waals surface area contributed by atoms with Gasteiger partial charge in [-0.1, -0.05) is 6.07 Å². The molecule has 0 radical (unpaired) electrons. The second-order valence-corrected chi connectivity index (χ2v) is 8.48. The van der Waals surface area contributed by atoms with Crippen LogP contribution in [0.1, 0.15) is 39.1 Å². The number of nitro groups is 1. The fourth-order valence-corrected chi connectivity index (χ4v) is 3.71. The van der Waals surface area contributed by atoms with E-state index in [1.54, 1.807) is 24.3 Å². The van der Waals surface area contributed by atoms with Gasteiger partial charge in [0.2, 0.25) is 0 Å². The molecule has 0 spiro atoms. The van der Waals surface area contributed by atoms with Crippen LogP contribution in [0.4, 0.5) is 17.1 Å². The van der Waals surface area contributed by atoms with Crippen LogP contribution < -0.4 is 15.5 Å². The minimum Gasteiger partial charge on any atom is -0.369 e. The first-order valence-corrected chi connectivity index (χ1v) is 10.8. The molecular weight excluding hydrogens is 410 g/mol. The van der Waals surface area contributed by atoms with Gasteiger partial charge in [0.25, 0.3) is 17.5 Å². The van der Waals surface area contributed by atoms with Crippen molar-refractivity contribution in [3.05, 3.63) is 63.2 Å². The van der Waals surface area contributed by atoms with Crippen molar-refractivity contribution in [1.82, 2.24) is 10.2 Å². The number of amides is 2. The molecule has 0 atom stereocenters. The molecule has 4 rings (SSSR count). The van der Waals surface area contributed by atoms with E-state index in [0.29, 0.717) is 11.3 Å². The Bertz CT molecular complexity index is 1060. The van der Waals surface area contributed by atoms with Crippen molar-refractivity contribution in [2.75, 3.05) is 43.4 Å². The summed E-state index contributed by atoms with van der Waals surface area (Å²) in [6.45, 7) is 5.10. The number of aryl methyl sites for hydroxylation is 1. The highest BCUT2D eigenvalue weighted by Gasteiger charge is 2.26. The minimum atomic E-state index is -0.579. The fraction of sp³-hybridized carbons (Fsp3) is 0.391. The van der Waals surface area contributed by atoms with E-state index in [2.05, 4.69) is 20.4 Å². The highest BCUT2D eigenvalue weighted by Crippen LogP contribution is 2.28. The number of nitrogens with one attached hydrogen (secondary N) is 2. The summed E-state index contributed by atoms with van der Waals surface area (Å²) in [5, 5.41) is 17.4. The molecule has 1 saturated heterocycles. The van der Waals surface area contributed by atoms with Gasteiger partial charge in [-0.05, 0) is 56.6 Å². The predicted octanol–water partition coefficient (Wildman–Crippen LogP) is 2.80. The van der Waals surface area contributed by atoms with E-state index in [4.69, 9.17) is 0 Å². The first kappa shape index (κ1) is 21.8. The normalized spacial score (nSPS) is 16.5. The third-order valence-electron chi connectivity index (χ3n) is 5.95. The molecule has 2 aromatic carbocycles. The molecule has 0 aromatic heterocycles. The third kappa shape index (κ3) is 4.88. The van der Waals surface area contributed by atoms with E-state index >= 15 is 0 Å². The maximum absolute atomic E-state index is 13.0. The largest absolute Gasteiger partial charge is 0.369 e. The molecule has 0 unspecified atom stereocenters. The van der Waals surface area contributed by atoms with E-state index in [9.17, 15) is 19.7 Å². The zero-order chi connectivity index (χ0) is 22.8. The number of hydrogen-bond acceptors (Lipinski definition) is 6. The Hall–Kier alpha value is -3.46. The second-order valence-electron chi connectivity index (χ2n) is 8.48. The molecule has 2 aliphatic rings. The SMILES string of the molecule is Cc1ccc(C(=O)NC2CC2)cc1NC(=O)c1ccc(N2CCN(C)CC2)cc1[N+](=O)[O-]. The monoisotopic (exact) mass is 437 g/mol. The number of carbonyl (C=O) groups is 2. The van der Waals surface area contributed by atoms with Crippen LogP contribution in [0.25, 0.3) is 0 Å². The van der Waals surface area contributed by atoms with E-state index in [0.717, 1.165) is 50.3 Å². The van der Waals surface area contributed by atoms with E-state index in [1.165, 1.54) is 12.1 Å². The number of piperazine rings is 1. The highest BCUT2D eigenvalue weighted by atomic mass is 16.6. The van der Waals surface area contributed by atoms with Gasteiger partial charge in [0.05, 0.1) is 4.92 Å². The van der Waals surface area contributed by atoms with Gasteiger partial charge in [0.15, 0.2) is 0 Å². The number of rotatable bonds is 6. The Balaban J connectivity index is 1.55. The zero-order valence-corrected chi connectivity index (χ0v) is 18.3. The lowest BCUT2D eigenvalue weighted by atomic mass is 10.1. The fourth-order valence-electron chi connectivity index (χ4n) is 3.71. The maximum Gasteiger partial charge on any atom is 0.284 e. The standard InChI is InChI=1S/C23H27N5O4/c1-15-3-4-16(22(29)24-17-5-6-17)13-20(15)25-23(30)19-8-7-18(14-21(19)28(31)32)27-11-9-26(2)10-12-27/h3-4,7-8,13-14,17H,5-6,9-12H2,1-2H3,(H,24,29)(H,25,30). The summed E-state index contributed by atoms with van der Waals surface area (Å²) in [5.41, 5.74) is 2.14. The van der Waals surface area contributed by atoms with Gasteiger partial charge in [-0.2, -0.15) is 0 Å². The van der Waals surface area contributed by atoms with Crippen LogP contribution in [-0.4, -0.2) is 60.9 Å². The maximum atomic E-state index is 13.0. The van der Waals surface area contributed by atoms with Gasteiger partial charge in [-0.15, -0.1) is 0 Å². The van der Waals surface area contributed by atoms with Crippen molar-refractivity contribution >= 4 is 28.9 Å². The molecule has 1 heterocycles. The molecule has 32 heavy (non-hydrogen) atoms. The molecule has 9 heteroatoms. The average Bonchev–Trinajstić information content (AvgIpc) is 3.59. The Morgan fingerprint density at radius 2 is 1.75 bits per heavy atom. The van der Waals surface area contributed by atoms with Gasteiger partial charge < -0.3 is 20.4 Å². The number of nitrogens with zero attached hydrogens (tertiary/aromatic N) is 3. The average molecular weight is 438 g/mol. The summed E-state index contributed by atoms with van der Waals surface area (Å²) in [5.74, 6) is -0.769. The van der Waals surface area contributed by atoms with Gasteiger partial charge >= 0.3 is 0 Å². The molecule has 1 aliphatic carbocycles. The minimum absolute atomic E-state index is 0.0138. The van der Waals surface area contributed by atoms with E-state index in [1.807, 2.05) is 14.0 Å². The predicted molar refractivity (Wildman–Crippen MR) is 122 cm³/mol.